The van der Waals surface area contributed by atoms with Gasteiger partial charge in [-0.3, -0.25) is 4.79 Å². The molecule has 0 aliphatic heterocycles. The Balaban J connectivity index is 1.84. The fourth-order valence-electron chi connectivity index (χ4n) is 3.69. The highest BCUT2D eigenvalue weighted by atomic mass is 32.1. The first-order valence-electron chi connectivity index (χ1n) is 11.8. The average molecular weight is 403 g/mol. The van der Waals surface area contributed by atoms with Crippen molar-refractivity contribution in [2.45, 2.75) is 116 Å². The molecule has 28 heavy (non-hydrogen) atoms. The van der Waals surface area contributed by atoms with Gasteiger partial charge < -0.3 is 0 Å². The standard InChI is InChI=1S/C26H42OS/c1-2-3-4-5-6-7-8-9-10-11-12-13-14-15-19-22-25(28)23-26(27)24-20-17-16-18-21-24/h16-18,20-21H,2-15,19,22-23H2,1H3. The highest BCUT2D eigenvalue weighted by Crippen LogP contribution is 2.14. The van der Waals surface area contributed by atoms with Crippen molar-refractivity contribution in [1.82, 2.24) is 0 Å². The van der Waals surface area contributed by atoms with E-state index in [-0.39, 0.29) is 5.78 Å². The maximum Gasteiger partial charge on any atom is 0.167 e. The van der Waals surface area contributed by atoms with Crippen LogP contribution in [0.1, 0.15) is 126 Å². The Hall–Kier alpha value is -1.02. The van der Waals surface area contributed by atoms with Crippen molar-refractivity contribution in [3.8, 4) is 0 Å². The maximum absolute atomic E-state index is 12.1. The van der Waals surface area contributed by atoms with Crippen LogP contribution >= 0.6 is 12.2 Å². The van der Waals surface area contributed by atoms with Crippen LogP contribution in [0.2, 0.25) is 0 Å². The van der Waals surface area contributed by atoms with E-state index in [9.17, 15) is 4.79 Å². The number of Topliss-reactive ketones (excluding diaryl/α,β-unsaturated/α-hetero) is 1. The summed E-state index contributed by atoms with van der Waals surface area (Å²) < 4.78 is 0. The first kappa shape index (κ1) is 25.0. The van der Waals surface area contributed by atoms with Crippen LogP contribution in [0.15, 0.2) is 30.3 Å². The largest absolute Gasteiger partial charge is 0.294 e. The number of rotatable bonds is 19. The van der Waals surface area contributed by atoms with Gasteiger partial charge in [0.2, 0.25) is 0 Å². The summed E-state index contributed by atoms with van der Waals surface area (Å²) >= 11 is 5.41. The number of carbonyl (C=O) groups excluding carboxylic acids is 1. The molecule has 0 N–H and O–H groups in total. The lowest BCUT2D eigenvalue weighted by Gasteiger charge is -2.05. The van der Waals surface area contributed by atoms with Crippen molar-refractivity contribution in [3.05, 3.63) is 35.9 Å². The molecule has 0 spiro atoms. The van der Waals surface area contributed by atoms with Gasteiger partial charge in [-0.2, -0.15) is 0 Å². The lowest BCUT2D eigenvalue weighted by molar-refractivity contribution is 0.100. The summed E-state index contributed by atoms with van der Waals surface area (Å²) in [5, 5.41) is 0. The van der Waals surface area contributed by atoms with E-state index in [2.05, 4.69) is 6.92 Å². The van der Waals surface area contributed by atoms with E-state index in [4.69, 9.17) is 12.2 Å². The summed E-state index contributed by atoms with van der Waals surface area (Å²) in [6.07, 6.45) is 22.0. The number of benzene rings is 1. The third kappa shape index (κ3) is 14.0. The summed E-state index contributed by atoms with van der Waals surface area (Å²) in [6.45, 7) is 2.28. The van der Waals surface area contributed by atoms with Gasteiger partial charge in [-0.05, 0) is 12.8 Å². The Morgan fingerprint density at radius 3 is 1.57 bits per heavy atom. The lowest BCUT2D eigenvalue weighted by atomic mass is 10.0. The molecular weight excluding hydrogens is 360 g/mol. The summed E-state index contributed by atoms with van der Waals surface area (Å²) in [4.78, 5) is 13.0. The minimum absolute atomic E-state index is 0.159. The molecule has 1 aromatic rings. The molecule has 0 radical (unpaired) electrons. The van der Waals surface area contributed by atoms with Crippen molar-refractivity contribution in [3.63, 3.8) is 0 Å². The highest BCUT2D eigenvalue weighted by Gasteiger charge is 2.08. The molecule has 1 aromatic carbocycles. The zero-order valence-corrected chi connectivity index (χ0v) is 19.0. The molecule has 0 aromatic heterocycles. The molecule has 158 valence electrons. The fraction of sp³-hybridized carbons (Fsp3) is 0.692. The van der Waals surface area contributed by atoms with Crippen molar-refractivity contribution < 1.29 is 4.79 Å². The van der Waals surface area contributed by atoms with Gasteiger partial charge in [0.25, 0.3) is 0 Å². The zero-order chi connectivity index (χ0) is 20.3. The molecule has 0 amide bonds. The van der Waals surface area contributed by atoms with Gasteiger partial charge in [-0.25, -0.2) is 0 Å². The van der Waals surface area contributed by atoms with E-state index in [1.807, 2.05) is 30.3 Å². The van der Waals surface area contributed by atoms with Crippen molar-refractivity contribution >= 4 is 22.9 Å². The molecule has 2 heteroatoms. The minimum atomic E-state index is 0.159. The Labute approximate surface area is 179 Å². The Morgan fingerprint density at radius 2 is 1.11 bits per heavy atom. The van der Waals surface area contributed by atoms with Gasteiger partial charge in [-0.15, -0.1) is 0 Å². The van der Waals surface area contributed by atoms with Crippen LogP contribution in [0.25, 0.3) is 0 Å². The molecule has 0 atom stereocenters. The third-order valence-corrected chi connectivity index (χ3v) is 5.86. The Morgan fingerprint density at radius 1 is 0.679 bits per heavy atom. The second-order valence-electron chi connectivity index (χ2n) is 8.20. The summed E-state index contributed by atoms with van der Waals surface area (Å²) in [7, 11) is 0. The summed E-state index contributed by atoms with van der Waals surface area (Å²) in [5.41, 5.74) is 0.779. The lowest BCUT2D eigenvalue weighted by Crippen LogP contribution is -2.06. The van der Waals surface area contributed by atoms with E-state index in [1.54, 1.807) is 0 Å². The molecule has 0 saturated carbocycles. The predicted octanol–water partition coefficient (Wildman–Crippen LogP) is 8.89. The SMILES string of the molecule is CCCCCCCCCCCCCCCCCC(=S)CC(=O)c1ccccc1. The highest BCUT2D eigenvalue weighted by molar-refractivity contribution is 7.80. The molecule has 0 aliphatic carbocycles. The van der Waals surface area contributed by atoms with Gasteiger partial charge in [0.05, 0.1) is 0 Å². The first-order valence-corrected chi connectivity index (χ1v) is 12.2. The second kappa shape index (κ2) is 18.0. The maximum atomic E-state index is 12.1. The monoisotopic (exact) mass is 402 g/mol. The molecular formula is C26H42OS. The molecule has 0 aliphatic rings. The number of unbranched alkanes of at least 4 members (excludes halogenated alkanes) is 14. The predicted molar refractivity (Wildman–Crippen MR) is 128 cm³/mol. The van der Waals surface area contributed by atoms with Gasteiger partial charge in [0, 0.05) is 16.8 Å². The van der Waals surface area contributed by atoms with Gasteiger partial charge in [-0.1, -0.05) is 139 Å². The molecule has 0 heterocycles. The molecule has 1 nitrogen and oxygen atoms in total. The van der Waals surface area contributed by atoms with Crippen LogP contribution in [0, 0.1) is 0 Å². The van der Waals surface area contributed by atoms with E-state index in [0.717, 1.165) is 23.3 Å². The van der Waals surface area contributed by atoms with Crippen LogP contribution in [0.4, 0.5) is 0 Å². The molecule has 1 rings (SSSR count). The van der Waals surface area contributed by atoms with Crippen LogP contribution < -0.4 is 0 Å². The molecule has 0 saturated heterocycles. The van der Waals surface area contributed by atoms with E-state index in [0.29, 0.717) is 6.42 Å². The van der Waals surface area contributed by atoms with Crippen LogP contribution in [-0.2, 0) is 0 Å². The van der Waals surface area contributed by atoms with E-state index in [1.165, 1.54) is 89.9 Å². The van der Waals surface area contributed by atoms with Crippen molar-refractivity contribution in [2.24, 2.45) is 0 Å². The number of hydrogen-bond donors (Lipinski definition) is 0. The third-order valence-electron chi connectivity index (χ3n) is 5.51. The van der Waals surface area contributed by atoms with Gasteiger partial charge in [0.15, 0.2) is 5.78 Å². The van der Waals surface area contributed by atoms with Crippen LogP contribution in [0.5, 0.6) is 0 Å². The zero-order valence-electron chi connectivity index (χ0n) is 18.2. The topological polar surface area (TPSA) is 17.1 Å². The normalized spacial score (nSPS) is 10.9. The summed E-state index contributed by atoms with van der Waals surface area (Å²) in [6, 6.07) is 9.50. The first-order chi connectivity index (χ1) is 13.7. The fourth-order valence-corrected chi connectivity index (χ4v) is 3.96. The quantitative estimate of drug-likeness (QED) is 0.130. The smallest absolute Gasteiger partial charge is 0.167 e. The summed E-state index contributed by atoms with van der Waals surface area (Å²) in [5.74, 6) is 0.159. The average Bonchev–Trinajstić information content (AvgIpc) is 2.71. The van der Waals surface area contributed by atoms with E-state index >= 15 is 0 Å². The van der Waals surface area contributed by atoms with Crippen LogP contribution in [-0.4, -0.2) is 10.6 Å². The van der Waals surface area contributed by atoms with E-state index < -0.39 is 0 Å². The van der Waals surface area contributed by atoms with Gasteiger partial charge in [0.1, 0.15) is 0 Å². The van der Waals surface area contributed by atoms with Crippen LogP contribution in [0.3, 0.4) is 0 Å². The number of carbonyl (C=O) groups is 1. The molecule has 0 bridgehead atoms. The number of ketones is 1. The number of hydrogen-bond acceptors (Lipinski definition) is 2. The van der Waals surface area contributed by atoms with Crippen molar-refractivity contribution in [1.29, 1.82) is 0 Å². The van der Waals surface area contributed by atoms with Gasteiger partial charge >= 0.3 is 0 Å². The minimum Gasteiger partial charge on any atom is -0.294 e. The molecule has 0 unspecified atom stereocenters. The molecule has 0 fully saturated rings. The second-order valence-corrected chi connectivity index (χ2v) is 8.78. The number of thiocarbonyl (C=S) groups is 1. The Kier molecular flexibility index (Phi) is 16.1. The Bertz CT molecular complexity index is 508. The van der Waals surface area contributed by atoms with Crippen molar-refractivity contribution in [2.75, 3.05) is 0 Å².